The van der Waals surface area contributed by atoms with E-state index >= 15 is 4.39 Å². The highest BCUT2D eigenvalue weighted by molar-refractivity contribution is 7.92. The average molecular weight is 450 g/mol. The van der Waals surface area contributed by atoms with E-state index in [0.29, 0.717) is 18.9 Å². The van der Waals surface area contributed by atoms with E-state index in [4.69, 9.17) is 5.73 Å². The lowest BCUT2D eigenvalue weighted by molar-refractivity contribution is -0.137. The summed E-state index contributed by atoms with van der Waals surface area (Å²) >= 11 is 0. The lowest BCUT2D eigenvalue weighted by Crippen LogP contribution is -2.58. The van der Waals surface area contributed by atoms with Crippen molar-refractivity contribution < 1.29 is 30.8 Å². The lowest BCUT2D eigenvalue weighted by Gasteiger charge is -2.37. The molecule has 0 unspecified atom stereocenters. The maximum absolute atomic E-state index is 15.4. The number of sulfone groups is 1. The largest absolute Gasteiger partial charge is 0.416 e. The molecule has 2 aliphatic carbocycles. The van der Waals surface area contributed by atoms with Crippen molar-refractivity contribution in [3.63, 3.8) is 0 Å². The maximum atomic E-state index is 15.4. The molecule has 168 valence electrons. The van der Waals surface area contributed by atoms with Gasteiger partial charge in [0.05, 0.1) is 16.0 Å². The van der Waals surface area contributed by atoms with Crippen LogP contribution in [0.3, 0.4) is 0 Å². The molecule has 0 bridgehead atoms. The van der Waals surface area contributed by atoms with Crippen LogP contribution in [0, 0.1) is 0 Å². The first-order chi connectivity index (χ1) is 13.9. The standard InChI is InChI=1S/C20H26F4N2O3S/c21-19(30(28,29)16-6-4-5-14(13-16)20(22,23)24)11-7-15(8-12-19)26-17(27)18(25)9-2-1-3-10-18/h4-6,13,15H,1-3,7-12,25H2,(H,26,27)/t15-,19-. The van der Waals surface area contributed by atoms with Crippen molar-refractivity contribution >= 4 is 15.7 Å². The molecular weight excluding hydrogens is 424 g/mol. The predicted molar refractivity (Wildman–Crippen MR) is 103 cm³/mol. The number of nitrogens with one attached hydrogen (secondary N) is 1. The highest BCUT2D eigenvalue weighted by Gasteiger charge is 2.49. The van der Waals surface area contributed by atoms with Crippen LogP contribution >= 0.6 is 0 Å². The molecule has 2 fully saturated rings. The minimum Gasteiger partial charge on any atom is -0.352 e. The Hall–Kier alpha value is -1.68. The summed E-state index contributed by atoms with van der Waals surface area (Å²) in [5.74, 6) is -0.306. The molecule has 0 aromatic heterocycles. The Morgan fingerprint density at radius 3 is 2.23 bits per heavy atom. The molecule has 0 saturated heterocycles. The second kappa shape index (κ2) is 8.11. The monoisotopic (exact) mass is 450 g/mol. The molecule has 0 spiro atoms. The van der Waals surface area contributed by atoms with E-state index in [-0.39, 0.29) is 18.7 Å². The van der Waals surface area contributed by atoms with Crippen molar-refractivity contribution in [3.8, 4) is 0 Å². The van der Waals surface area contributed by atoms with Gasteiger partial charge in [-0.1, -0.05) is 25.3 Å². The van der Waals surface area contributed by atoms with Crippen molar-refractivity contribution in [2.45, 2.75) is 85.4 Å². The summed E-state index contributed by atoms with van der Waals surface area (Å²) in [6.07, 6.45) is -1.53. The molecule has 0 aliphatic heterocycles. The summed E-state index contributed by atoms with van der Waals surface area (Å²) in [4.78, 5) is 11.9. The number of hydrogen-bond acceptors (Lipinski definition) is 4. The minimum atomic E-state index is -4.73. The number of hydrogen-bond donors (Lipinski definition) is 2. The van der Waals surface area contributed by atoms with Crippen LogP contribution in [0.2, 0.25) is 0 Å². The normalized spacial score (nSPS) is 27.4. The number of rotatable bonds is 4. The number of alkyl halides is 4. The van der Waals surface area contributed by atoms with Gasteiger partial charge in [-0.25, -0.2) is 12.8 Å². The van der Waals surface area contributed by atoms with Gasteiger partial charge < -0.3 is 11.1 Å². The van der Waals surface area contributed by atoms with E-state index < -0.39 is 55.9 Å². The van der Waals surface area contributed by atoms with Crippen LogP contribution in [0.25, 0.3) is 0 Å². The van der Waals surface area contributed by atoms with Crippen LogP contribution in [-0.2, 0) is 20.8 Å². The van der Waals surface area contributed by atoms with Crippen LogP contribution in [0.5, 0.6) is 0 Å². The molecule has 10 heteroatoms. The van der Waals surface area contributed by atoms with Gasteiger partial charge in [0.2, 0.25) is 20.7 Å². The van der Waals surface area contributed by atoms with Gasteiger partial charge in [0.25, 0.3) is 0 Å². The Kier molecular flexibility index (Phi) is 6.21. The smallest absolute Gasteiger partial charge is 0.352 e. The third-order valence-corrected chi connectivity index (χ3v) is 8.46. The molecule has 5 nitrogen and oxygen atoms in total. The molecule has 0 heterocycles. The average Bonchev–Trinajstić information content (AvgIpc) is 2.69. The number of halogens is 4. The first-order valence-electron chi connectivity index (χ1n) is 10.1. The zero-order valence-corrected chi connectivity index (χ0v) is 17.3. The highest BCUT2D eigenvalue weighted by Crippen LogP contribution is 2.41. The van der Waals surface area contributed by atoms with E-state index in [0.717, 1.165) is 37.5 Å². The molecule has 2 aliphatic rings. The topological polar surface area (TPSA) is 89.3 Å². The molecule has 0 atom stereocenters. The lowest BCUT2D eigenvalue weighted by atomic mass is 9.81. The fourth-order valence-electron chi connectivity index (χ4n) is 4.25. The van der Waals surface area contributed by atoms with Gasteiger partial charge in [-0.2, -0.15) is 13.2 Å². The number of amides is 1. The summed E-state index contributed by atoms with van der Waals surface area (Å²) in [5, 5.41) is 0.136. The zero-order chi connectivity index (χ0) is 22.2. The van der Waals surface area contributed by atoms with Crippen LogP contribution in [0.1, 0.15) is 63.4 Å². The SMILES string of the molecule is NC1(C(=O)N[C@H]2CC[C@](F)(S(=O)(=O)c3cccc(C(F)(F)F)c3)CC2)CCCCC1. The van der Waals surface area contributed by atoms with E-state index in [9.17, 15) is 26.4 Å². The Balaban J connectivity index is 1.69. The Morgan fingerprint density at radius 2 is 1.67 bits per heavy atom. The Bertz CT molecular complexity index is 888. The van der Waals surface area contributed by atoms with Gasteiger partial charge in [-0.05, 0) is 56.7 Å². The maximum Gasteiger partial charge on any atom is 0.416 e. The summed E-state index contributed by atoms with van der Waals surface area (Å²) in [6, 6.07) is 2.72. The first-order valence-corrected chi connectivity index (χ1v) is 11.6. The minimum absolute atomic E-state index is 0.0660. The van der Waals surface area contributed by atoms with Gasteiger partial charge in [0.1, 0.15) is 0 Å². The molecule has 3 N–H and O–H groups in total. The van der Waals surface area contributed by atoms with Crippen LogP contribution < -0.4 is 11.1 Å². The van der Waals surface area contributed by atoms with Crippen LogP contribution in [-0.4, -0.2) is 30.9 Å². The predicted octanol–water partition coefficient (Wildman–Crippen LogP) is 3.87. The number of carbonyl (C=O) groups excluding carboxylic acids is 1. The number of benzene rings is 1. The Labute approximate surface area is 173 Å². The third kappa shape index (κ3) is 4.49. The fraction of sp³-hybridized carbons (Fsp3) is 0.650. The molecule has 1 aromatic carbocycles. The highest BCUT2D eigenvalue weighted by atomic mass is 32.2. The van der Waals surface area contributed by atoms with Gasteiger partial charge in [-0.3, -0.25) is 4.79 Å². The fourth-order valence-corrected chi connectivity index (χ4v) is 5.99. The van der Waals surface area contributed by atoms with Gasteiger partial charge in [0, 0.05) is 6.04 Å². The molecule has 1 amide bonds. The quantitative estimate of drug-likeness (QED) is 0.682. The van der Waals surface area contributed by atoms with Crippen molar-refractivity contribution in [2.75, 3.05) is 0 Å². The second-order valence-electron chi connectivity index (χ2n) is 8.38. The summed E-state index contributed by atoms with van der Waals surface area (Å²) in [6.45, 7) is 0. The summed E-state index contributed by atoms with van der Waals surface area (Å²) < 4.78 is 79.7. The molecule has 2 saturated carbocycles. The van der Waals surface area contributed by atoms with Crippen molar-refractivity contribution in [1.82, 2.24) is 5.32 Å². The van der Waals surface area contributed by atoms with E-state index in [1.165, 1.54) is 0 Å². The van der Waals surface area contributed by atoms with Crippen molar-refractivity contribution in [3.05, 3.63) is 29.8 Å². The molecule has 1 aromatic rings. The zero-order valence-electron chi connectivity index (χ0n) is 16.5. The second-order valence-corrected chi connectivity index (χ2v) is 10.6. The van der Waals surface area contributed by atoms with Crippen molar-refractivity contribution in [2.24, 2.45) is 5.73 Å². The molecule has 30 heavy (non-hydrogen) atoms. The molecule has 3 rings (SSSR count). The molecular formula is C20H26F4N2O3S. The van der Waals surface area contributed by atoms with Crippen molar-refractivity contribution in [1.29, 1.82) is 0 Å². The van der Waals surface area contributed by atoms with Gasteiger partial charge >= 0.3 is 6.18 Å². The van der Waals surface area contributed by atoms with Gasteiger partial charge in [-0.15, -0.1) is 0 Å². The number of carbonyl (C=O) groups is 1. The molecule has 0 radical (unpaired) electrons. The Morgan fingerprint density at radius 1 is 1.07 bits per heavy atom. The van der Waals surface area contributed by atoms with E-state index in [1.807, 2.05) is 0 Å². The first kappa shape index (κ1) is 23.0. The summed E-state index contributed by atoms with van der Waals surface area (Å²) in [7, 11) is -4.63. The van der Waals surface area contributed by atoms with E-state index in [1.54, 1.807) is 0 Å². The van der Waals surface area contributed by atoms with Gasteiger partial charge in [0.15, 0.2) is 0 Å². The third-order valence-electron chi connectivity index (χ3n) is 6.22. The summed E-state index contributed by atoms with van der Waals surface area (Å²) in [5.41, 5.74) is 4.10. The van der Waals surface area contributed by atoms with Crippen LogP contribution in [0.4, 0.5) is 17.6 Å². The van der Waals surface area contributed by atoms with Crippen LogP contribution in [0.15, 0.2) is 29.2 Å². The number of nitrogens with two attached hydrogens (primary N) is 1. The van der Waals surface area contributed by atoms with E-state index in [2.05, 4.69) is 5.32 Å².